The fourth-order valence-electron chi connectivity index (χ4n) is 5.68. The van der Waals surface area contributed by atoms with Crippen molar-refractivity contribution in [1.82, 2.24) is 4.98 Å². The van der Waals surface area contributed by atoms with Crippen LogP contribution >= 0.6 is 0 Å². The molecule has 1 atom stereocenters. The van der Waals surface area contributed by atoms with Gasteiger partial charge in [0.1, 0.15) is 11.5 Å². The van der Waals surface area contributed by atoms with Gasteiger partial charge in [0.2, 0.25) is 0 Å². The summed E-state index contributed by atoms with van der Waals surface area (Å²) < 4.78 is 42.4. The summed E-state index contributed by atoms with van der Waals surface area (Å²) in [6.07, 6.45) is 5.61. The van der Waals surface area contributed by atoms with E-state index in [1.165, 1.54) is 18.9 Å². The lowest BCUT2D eigenvalue weighted by molar-refractivity contribution is -0.0954. The molecule has 0 radical (unpaired) electrons. The van der Waals surface area contributed by atoms with Crippen molar-refractivity contribution in [3.8, 4) is 11.3 Å². The lowest BCUT2D eigenvalue weighted by atomic mass is 9.67. The number of nitrogens with zero attached hydrogens (tertiary/aromatic N) is 2. The van der Waals surface area contributed by atoms with Crippen molar-refractivity contribution < 1.29 is 27.5 Å². The van der Waals surface area contributed by atoms with Crippen molar-refractivity contribution in [2.24, 2.45) is 5.16 Å². The molecular formula is C31H32N2O6S. The van der Waals surface area contributed by atoms with Crippen molar-refractivity contribution in [2.45, 2.75) is 35.2 Å². The van der Waals surface area contributed by atoms with Gasteiger partial charge in [0.05, 0.1) is 22.1 Å². The first-order valence-corrected chi connectivity index (χ1v) is 14.9. The fourth-order valence-corrected chi connectivity index (χ4v) is 6.31. The smallest absolute Gasteiger partial charge is 0.181 e. The van der Waals surface area contributed by atoms with Gasteiger partial charge in [-0.05, 0) is 28.8 Å². The van der Waals surface area contributed by atoms with Crippen molar-refractivity contribution >= 4 is 16.1 Å². The third-order valence-electron chi connectivity index (χ3n) is 7.79. The third-order valence-corrected chi connectivity index (χ3v) is 8.92. The number of sulfone groups is 1. The van der Waals surface area contributed by atoms with Crippen LogP contribution < -0.4 is 0 Å². The molecule has 1 unspecified atom stereocenters. The van der Waals surface area contributed by atoms with Crippen LogP contribution in [-0.2, 0) is 36.7 Å². The topological polar surface area (TPSA) is 111 Å². The molecule has 0 saturated carbocycles. The number of oxime groups is 1. The first-order valence-electron chi connectivity index (χ1n) is 13.0. The van der Waals surface area contributed by atoms with Gasteiger partial charge < -0.3 is 19.1 Å². The van der Waals surface area contributed by atoms with Crippen LogP contribution in [0.3, 0.4) is 0 Å². The Hall–Kier alpha value is -3.79. The number of oxazole rings is 1. The van der Waals surface area contributed by atoms with Crippen molar-refractivity contribution in [3.05, 3.63) is 108 Å². The maximum absolute atomic E-state index is 12.3. The number of benzene rings is 3. The zero-order valence-electron chi connectivity index (χ0n) is 22.5. The van der Waals surface area contributed by atoms with E-state index in [1.54, 1.807) is 31.4 Å². The Labute approximate surface area is 234 Å². The Balaban J connectivity index is 1.76. The van der Waals surface area contributed by atoms with Gasteiger partial charge in [-0.3, -0.25) is 0 Å². The average Bonchev–Trinajstić information content (AvgIpc) is 3.45. The Morgan fingerprint density at radius 1 is 1.02 bits per heavy atom. The molecule has 208 valence electrons. The van der Waals surface area contributed by atoms with Crippen molar-refractivity contribution in [3.63, 3.8) is 0 Å². The minimum Gasteiger partial charge on any atom is -0.448 e. The van der Waals surface area contributed by atoms with E-state index in [1.807, 2.05) is 54.6 Å². The number of methoxy groups -OCH3 is 1. The molecule has 9 heteroatoms. The standard InChI is InChI=1S/C31H32N2O6S/c1-37-31(16-18-38-19-17-31)27-11-7-6-10-26(27)30(21-33-34,24-12-14-25(15-13-24)40(2,35)36)20-28-29(32-22-39-28)23-8-4-3-5-9-23/h3-15,21-22,34H,16-20H2,1-2H3. The van der Waals surface area contributed by atoms with Crippen LogP contribution in [0.4, 0.5) is 0 Å². The first-order chi connectivity index (χ1) is 19.3. The third kappa shape index (κ3) is 5.20. The first kappa shape index (κ1) is 27.8. The highest BCUT2D eigenvalue weighted by Crippen LogP contribution is 2.45. The number of hydrogen-bond acceptors (Lipinski definition) is 8. The molecule has 3 aromatic carbocycles. The Morgan fingerprint density at radius 2 is 1.70 bits per heavy atom. The van der Waals surface area contributed by atoms with E-state index >= 15 is 0 Å². The average molecular weight is 561 g/mol. The summed E-state index contributed by atoms with van der Waals surface area (Å²) in [5.74, 6) is 0.589. The quantitative estimate of drug-likeness (QED) is 0.166. The Kier molecular flexibility index (Phi) is 7.89. The summed E-state index contributed by atoms with van der Waals surface area (Å²) in [5, 5.41) is 13.7. The summed E-state index contributed by atoms with van der Waals surface area (Å²) in [5.41, 5.74) is 2.37. The Morgan fingerprint density at radius 3 is 2.35 bits per heavy atom. The van der Waals surface area contributed by atoms with Gasteiger partial charge in [-0.15, -0.1) is 5.16 Å². The summed E-state index contributed by atoms with van der Waals surface area (Å²) >= 11 is 0. The van der Waals surface area contributed by atoms with Gasteiger partial charge in [0.25, 0.3) is 0 Å². The van der Waals surface area contributed by atoms with Gasteiger partial charge in [0, 0.05) is 51.4 Å². The van der Waals surface area contributed by atoms with Gasteiger partial charge in [-0.1, -0.05) is 66.7 Å². The SMILES string of the molecule is COC1(c2ccccc2C(C=NO)(Cc2ocnc2-c2ccccc2)c2ccc(S(C)(=O)=O)cc2)CCOCC1. The van der Waals surface area contributed by atoms with Crippen LogP contribution in [0.2, 0.25) is 0 Å². The van der Waals surface area contributed by atoms with E-state index in [0.717, 1.165) is 22.3 Å². The van der Waals surface area contributed by atoms with Crippen LogP contribution in [-0.4, -0.2) is 51.4 Å². The van der Waals surface area contributed by atoms with E-state index in [0.29, 0.717) is 37.5 Å². The maximum Gasteiger partial charge on any atom is 0.181 e. The van der Waals surface area contributed by atoms with E-state index in [-0.39, 0.29) is 11.3 Å². The van der Waals surface area contributed by atoms with Crippen molar-refractivity contribution in [2.75, 3.05) is 26.6 Å². The molecule has 1 N–H and O–H groups in total. The monoisotopic (exact) mass is 560 g/mol. The molecule has 0 bridgehead atoms. The highest BCUT2D eigenvalue weighted by atomic mass is 32.2. The minimum atomic E-state index is -3.42. The highest BCUT2D eigenvalue weighted by molar-refractivity contribution is 7.90. The second-order valence-electron chi connectivity index (χ2n) is 10.0. The number of ether oxygens (including phenoxy) is 2. The second-order valence-corrected chi connectivity index (χ2v) is 12.1. The van der Waals surface area contributed by atoms with Gasteiger partial charge in [-0.25, -0.2) is 13.4 Å². The van der Waals surface area contributed by atoms with Gasteiger partial charge in [-0.2, -0.15) is 0 Å². The molecule has 1 aliphatic heterocycles. The number of aromatic nitrogens is 1. The van der Waals surface area contributed by atoms with Crippen LogP contribution in [0.5, 0.6) is 0 Å². The predicted molar refractivity (Wildman–Crippen MR) is 151 cm³/mol. The molecule has 5 rings (SSSR count). The molecule has 0 aliphatic carbocycles. The van der Waals surface area contributed by atoms with E-state index < -0.39 is 20.9 Å². The lowest BCUT2D eigenvalue weighted by Gasteiger charge is -2.41. The van der Waals surface area contributed by atoms with E-state index in [4.69, 9.17) is 13.9 Å². The summed E-state index contributed by atoms with van der Waals surface area (Å²) in [7, 11) is -1.72. The number of hydrogen-bond donors (Lipinski definition) is 1. The minimum absolute atomic E-state index is 0.196. The summed E-state index contributed by atoms with van der Waals surface area (Å²) in [4.78, 5) is 4.71. The molecule has 8 nitrogen and oxygen atoms in total. The van der Waals surface area contributed by atoms with Crippen LogP contribution in [0, 0.1) is 0 Å². The second kappa shape index (κ2) is 11.4. The molecular weight excluding hydrogens is 528 g/mol. The fraction of sp³-hybridized carbons (Fsp3) is 0.290. The van der Waals surface area contributed by atoms with E-state index in [2.05, 4.69) is 10.1 Å². The lowest BCUT2D eigenvalue weighted by Crippen LogP contribution is -2.41. The molecule has 1 aliphatic rings. The van der Waals surface area contributed by atoms with Crippen LogP contribution in [0.1, 0.15) is 35.3 Å². The zero-order valence-corrected chi connectivity index (χ0v) is 23.3. The molecule has 40 heavy (non-hydrogen) atoms. The van der Waals surface area contributed by atoms with Gasteiger partial charge in [0.15, 0.2) is 16.2 Å². The molecule has 1 aromatic heterocycles. The maximum atomic E-state index is 12.3. The molecule has 1 saturated heterocycles. The molecule has 4 aromatic rings. The summed E-state index contributed by atoms with van der Waals surface area (Å²) in [6.45, 7) is 1.10. The largest absolute Gasteiger partial charge is 0.448 e. The normalized spacial score (nSPS) is 17.1. The molecule has 2 heterocycles. The molecule has 0 spiro atoms. The van der Waals surface area contributed by atoms with Crippen molar-refractivity contribution in [1.29, 1.82) is 0 Å². The van der Waals surface area contributed by atoms with E-state index in [9.17, 15) is 13.6 Å². The zero-order chi connectivity index (χ0) is 28.2. The van der Waals surface area contributed by atoms with Crippen LogP contribution in [0.25, 0.3) is 11.3 Å². The molecule has 0 amide bonds. The van der Waals surface area contributed by atoms with Gasteiger partial charge >= 0.3 is 0 Å². The predicted octanol–water partition coefficient (Wildman–Crippen LogP) is 5.39. The van der Waals surface area contributed by atoms with Crippen LogP contribution in [0.15, 0.2) is 99.7 Å². The number of rotatable bonds is 9. The summed E-state index contributed by atoms with van der Waals surface area (Å²) in [6, 6.07) is 24.3. The molecule has 1 fully saturated rings. The Bertz CT molecular complexity index is 1580. The highest BCUT2D eigenvalue weighted by Gasteiger charge is 2.44.